The van der Waals surface area contributed by atoms with Gasteiger partial charge < -0.3 is 0 Å². The monoisotopic (exact) mass is 159 g/mol. The molecule has 0 aromatic carbocycles. The van der Waals surface area contributed by atoms with Crippen molar-refractivity contribution in [3.63, 3.8) is 0 Å². The molecule has 1 heterocycles. The Morgan fingerprint density at radius 3 is 2.90 bits per heavy atom. The summed E-state index contributed by atoms with van der Waals surface area (Å²) in [4.78, 5) is 11.0. The molecule has 1 aromatic rings. The van der Waals surface area contributed by atoms with Gasteiger partial charge in [-0.1, -0.05) is 0 Å². The molecule has 0 amide bonds. The van der Waals surface area contributed by atoms with E-state index in [9.17, 15) is 4.79 Å². The van der Waals surface area contributed by atoms with Crippen LogP contribution in [0, 0.1) is 0 Å². The molecule has 56 valence electrons. The van der Waals surface area contributed by atoms with Crippen LogP contribution in [0.3, 0.4) is 0 Å². The van der Waals surface area contributed by atoms with E-state index in [4.69, 9.17) is 0 Å². The maximum absolute atomic E-state index is 11.0. The molecular weight excluding hydrogens is 150 g/mol. The summed E-state index contributed by atoms with van der Waals surface area (Å²) in [5.74, 6) is 0.673. The Labute approximate surface area is 62.8 Å². The Bertz CT molecular complexity index is 264. The third-order valence-electron chi connectivity index (χ3n) is 1.15. The Balaban J connectivity index is 2.95. The third-order valence-corrected chi connectivity index (χ3v) is 1.69. The molecule has 0 unspecified atom stereocenters. The molecule has 0 aliphatic carbocycles. The predicted molar refractivity (Wildman–Crippen MR) is 41.0 cm³/mol. The quantitative estimate of drug-likeness (QED) is 0.605. The summed E-state index contributed by atoms with van der Waals surface area (Å²) < 4.78 is 2.88. The number of aromatic nitrogens is 3. The molecule has 0 spiro atoms. The first-order valence-electron chi connectivity index (χ1n) is 2.83. The van der Waals surface area contributed by atoms with Gasteiger partial charge in [0.25, 0.3) is 0 Å². The first kappa shape index (κ1) is 7.40. The lowest BCUT2D eigenvalue weighted by atomic mass is 11.0. The van der Waals surface area contributed by atoms with Gasteiger partial charge in [0.2, 0.25) is 0 Å². The minimum atomic E-state index is -0.0608. The molecule has 5 heteroatoms. The SMILES string of the molecule is CSCn1cnn(C)c1=O. The van der Waals surface area contributed by atoms with Gasteiger partial charge in [0.15, 0.2) is 0 Å². The van der Waals surface area contributed by atoms with Gasteiger partial charge in [-0.25, -0.2) is 9.48 Å². The third kappa shape index (κ3) is 1.23. The smallest absolute Gasteiger partial charge is 0.272 e. The van der Waals surface area contributed by atoms with Crippen molar-refractivity contribution in [3.05, 3.63) is 16.8 Å². The summed E-state index contributed by atoms with van der Waals surface area (Å²) in [5.41, 5.74) is -0.0608. The zero-order valence-electron chi connectivity index (χ0n) is 5.94. The van der Waals surface area contributed by atoms with Gasteiger partial charge in [-0.15, -0.1) is 11.8 Å². The molecule has 4 nitrogen and oxygen atoms in total. The Kier molecular flexibility index (Phi) is 2.16. The van der Waals surface area contributed by atoms with E-state index in [2.05, 4.69) is 5.10 Å². The summed E-state index contributed by atoms with van der Waals surface area (Å²) in [7, 11) is 1.64. The molecular formula is C5H9N3OS. The summed E-state index contributed by atoms with van der Waals surface area (Å²) >= 11 is 1.59. The first-order valence-corrected chi connectivity index (χ1v) is 4.22. The second kappa shape index (κ2) is 2.92. The zero-order valence-corrected chi connectivity index (χ0v) is 6.76. The molecule has 0 N–H and O–H groups in total. The average molecular weight is 159 g/mol. The van der Waals surface area contributed by atoms with Crippen molar-refractivity contribution < 1.29 is 0 Å². The Morgan fingerprint density at radius 2 is 2.50 bits per heavy atom. The van der Waals surface area contributed by atoms with Crippen molar-refractivity contribution in [2.24, 2.45) is 7.05 Å². The highest BCUT2D eigenvalue weighted by Crippen LogP contribution is 1.93. The van der Waals surface area contributed by atoms with Crippen molar-refractivity contribution in [1.29, 1.82) is 0 Å². The van der Waals surface area contributed by atoms with E-state index in [0.717, 1.165) is 0 Å². The molecule has 0 saturated carbocycles. The number of nitrogens with zero attached hydrogens (tertiary/aromatic N) is 3. The molecule has 0 atom stereocenters. The summed E-state index contributed by atoms with van der Waals surface area (Å²) in [6.07, 6.45) is 3.48. The van der Waals surface area contributed by atoms with Crippen molar-refractivity contribution in [1.82, 2.24) is 14.3 Å². The fourth-order valence-electron chi connectivity index (χ4n) is 0.652. The normalized spacial score (nSPS) is 10.2. The molecule has 0 radical (unpaired) electrons. The first-order chi connectivity index (χ1) is 4.75. The minimum absolute atomic E-state index is 0.0608. The van der Waals surface area contributed by atoms with E-state index in [0.29, 0.717) is 5.88 Å². The number of hydrogen-bond donors (Lipinski definition) is 0. The Hall–Kier alpha value is -0.710. The molecule has 10 heavy (non-hydrogen) atoms. The van der Waals surface area contributed by atoms with E-state index < -0.39 is 0 Å². The van der Waals surface area contributed by atoms with Crippen LogP contribution in [0.5, 0.6) is 0 Å². The van der Waals surface area contributed by atoms with E-state index in [1.165, 1.54) is 4.68 Å². The van der Waals surface area contributed by atoms with Gasteiger partial charge in [0.1, 0.15) is 6.33 Å². The Morgan fingerprint density at radius 1 is 1.80 bits per heavy atom. The summed E-state index contributed by atoms with van der Waals surface area (Å²) in [5, 5.41) is 3.79. The van der Waals surface area contributed by atoms with Gasteiger partial charge in [-0.2, -0.15) is 5.10 Å². The maximum atomic E-state index is 11.0. The van der Waals surface area contributed by atoms with Crippen molar-refractivity contribution in [2.75, 3.05) is 6.26 Å². The van der Waals surface area contributed by atoms with Crippen LogP contribution in [0.2, 0.25) is 0 Å². The number of aryl methyl sites for hydroxylation is 1. The highest BCUT2D eigenvalue weighted by molar-refractivity contribution is 7.97. The van der Waals surface area contributed by atoms with Crippen molar-refractivity contribution >= 4 is 11.8 Å². The van der Waals surface area contributed by atoms with Gasteiger partial charge in [-0.3, -0.25) is 4.57 Å². The second-order valence-electron chi connectivity index (χ2n) is 1.92. The highest BCUT2D eigenvalue weighted by atomic mass is 32.2. The highest BCUT2D eigenvalue weighted by Gasteiger charge is 1.97. The van der Waals surface area contributed by atoms with Crippen LogP contribution >= 0.6 is 11.8 Å². The molecule has 1 rings (SSSR count). The zero-order chi connectivity index (χ0) is 7.56. The van der Waals surface area contributed by atoms with Crippen LogP contribution in [0.1, 0.15) is 0 Å². The maximum Gasteiger partial charge on any atom is 0.346 e. The van der Waals surface area contributed by atoms with Crippen LogP contribution in [0.15, 0.2) is 11.1 Å². The predicted octanol–water partition coefficient (Wildman–Crippen LogP) is -0.0977. The number of rotatable bonds is 2. The lowest BCUT2D eigenvalue weighted by Crippen LogP contribution is -2.21. The topological polar surface area (TPSA) is 39.8 Å². The number of hydrogen-bond acceptors (Lipinski definition) is 3. The fraction of sp³-hybridized carbons (Fsp3) is 0.600. The number of thioether (sulfide) groups is 1. The van der Waals surface area contributed by atoms with Crippen LogP contribution in [0.25, 0.3) is 0 Å². The van der Waals surface area contributed by atoms with Gasteiger partial charge in [0, 0.05) is 7.05 Å². The molecule has 0 saturated heterocycles. The van der Waals surface area contributed by atoms with Gasteiger partial charge in [-0.05, 0) is 6.26 Å². The van der Waals surface area contributed by atoms with E-state index in [1.807, 2.05) is 6.26 Å². The largest absolute Gasteiger partial charge is 0.346 e. The van der Waals surface area contributed by atoms with Crippen LogP contribution in [-0.4, -0.2) is 20.6 Å². The minimum Gasteiger partial charge on any atom is -0.272 e. The average Bonchev–Trinajstić information content (AvgIpc) is 2.20. The standard InChI is InChI=1S/C5H9N3OS/c1-7-5(9)8(3-6-7)4-10-2/h3H,4H2,1-2H3. The van der Waals surface area contributed by atoms with Gasteiger partial charge in [0.05, 0.1) is 5.88 Å². The molecule has 1 aromatic heterocycles. The van der Waals surface area contributed by atoms with Crippen molar-refractivity contribution in [3.8, 4) is 0 Å². The molecule has 0 bridgehead atoms. The fourth-order valence-corrected chi connectivity index (χ4v) is 1.11. The van der Waals surface area contributed by atoms with Crippen molar-refractivity contribution in [2.45, 2.75) is 5.88 Å². The van der Waals surface area contributed by atoms with Gasteiger partial charge >= 0.3 is 5.69 Å². The van der Waals surface area contributed by atoms with Crippen LogP contribution in [-0.2, 0) is 12.9 Å². The van der Waals surface area contributed by atoms with E-state index >= 15 is 0 Å². The van der Waals surface area contributed by atoms with Crippen LogP contribution < -0.4 is 5.69 Å². The van der Waals surface area contributed by atoms with E-state index in [-0.39, 0.29) is 5.69 Å². The summed E-state index contributed by atoms with van der Waals surface area (Å²) in [6.45, 7) is 0. The summed E-state index contributed by atoms with van der Waals surface area (Å²) in [6, 6.07) is 0. The van der Waals surface area contributed by atoms with Crippen LogP contribution in [0.4, 0.5) is 0 Å². The van der Waals surface area contributed by atoms with E-state index in [1.54, 1.807) is 29.7 Å². The lowest BCUT2D eigenvalue weighted by molar-refractivity contribution is 0.711. The molecule has 0 aliphatic heterocycles. The lowest BCUT2D eigenvalue weighted by Gasteiger charge is -1.92. The molecule has 0 fully saturated rings. The second-order valence-corrected chi connectivity index (χ2v) is 2.76. The molecule has 0 aliphatic rings.